The van der Waals surface area contributed by atoms with Gasteiger partial charge in [0.2, 0.25) is 0 Å². The molecule has 3 heteroatoms. The molecule has 0 nitrogen and oxygen atoms in total. The van der Waals surface area contributed by atoms with Crippen LogP contribution in [0.4, 0.5) is 0 Å². The van der Waals surface area contributed by atoms with Crippen LogP contribution in [-0.2, 0) is 32.6 Å². The monoisotopic (exact) mass is 393 g/mol. The maximum Gasteiger partial charge on any atom is 3.00 e. The number of rotatable bonds is 2. The first-order valence-electron chi connectivity index (χ1n) is 6.53. The van der Waals surface area contributed by atoms with Crippen LogP contribution in [0.2, 0.25) is 0 Å². The van der Waals surface area contributed by atoms with E-state index in [1.54, 1.807) is 0 Å². The van der Waals surface area contributed by atoms with E-state index in [4.69, 9.17) is 0 Å². The van der Waals surface area contributed by atoms with Crippen molar-refractivity contribution in [2.45, 2.75) is 20.3 Å². The van der Waals surface area contributed by atoms with Gasteiger partial charge < -0.3 is 24.8 Å². The van der Waals surface area contributed by atoms with Gasteiger partial charge in [-0.1, -0.05) is 48.4 Å². The Hall–Kier alpha value is -0.487. The van der Waals surface area contributed by atoms with Crippen molar-refractivity contribution in [3.05, 3.63) is 65.7 Å². The summed E-state index contributed by atoms with van der Waals surface area (Å²) in [5, 5.41) is 2.73. The normalized spacial score (nSPS) is 9.43. The van der Waals surface area contributed by atoms with Gasteiger partial charge in [0.15, 0.2) is 0 Å². The SMILES string of the molecule is CCc1cc2c(-c3ccc(C)cc3)cccc2[cH-]1.[Cl-].[Cl-].[Zr+3]. The minimum atomic E-state index is 0. The molecule has 21 heavy (non-hydrogen) atoms. The predicted octanol–water partition coefficient (Wildman–Crippen LogP) is -0.898. The molecule has 0 spiro atoms. The molecule has 0 amide bonds. The van der Waals surface area contributed by atoms with Crippen LogP contribution in [0, 0.1) is 6.92 Å². The summed E-state index contributed by atoms with van der Waals surface area (Å²) in [5.74, 6) is 0. The molecular formula is C18H17Cl2Zr. The first-order chi connectivity index (χ1) is 8.78. The van der Waals surface area contributed by atoms with E-state index >= 15 is 0 Å². The zero-order valence-corrected chi connectivity index (χ0v) is 16.1. The van der Waals surface area contributed by atoms with Crippen molar-refractivity contribution < 1.29 is 51.0 Å². The standard InChI is InChI=1S/C18H17.2ClH.Zr/c1-3-14-11-16-5-4-6-17(18(16)12-14)15-9-7-13(2)8-10-15;;;/h4-12H,3H2,1-2H3;2*1H;/q-1;;;+3/p-2. The maximum atomic E-state index is 2.32. The summed E-state index contributed by atoms with van der Waals surface area (Å²) in [5.41, 5.74) is 5.37. The van der Waals surface area contributed by atoms with Crippen LogP contribution in [0.25, 0.3) is 21.9 Å². The number of fused-ring (bicyclic) bond motifs is 1. The van der Waals surface area contributed by atoms with Crippen molar-refractivity contribution in [2.24, 2.45) is 0 Å². The van der Waals surface area contributed by atoms with Gasteiger partial charge in [0.1, 0.15) is 0 Å². The van der Waals surface area contributed by atoms with E-state index in [2.05, 4.69) is 68.4 Å². The number of hydrogen-bond donors (Lipinski definition) is 0. The van der Waals surface area contributed by atoms with Crippen molar-refractivity contribution in [3.63, 3.8) is 0 Å². The Kier molecular flexibility index (Phi) is 8.63. The first kappa shape index (κ1) is 20.5. The molecule has 3 aromatic rings. The second-order valence-corrected chi connectivity index (χ2v) is 4.89. The van der Waals surface area contributed by atoms with E-state index in [1.165, 1.54) is 33.0 Å². The smallest absolute Gasteiger partial charge is 1.00 e. The third kappa shape index (κ3) is 4.25. The molecule has 0 saturated carbocycles. The summed E-state index contributed by atoms with van der Waals surface area (Å²) in [6, 6.07) is 20.0. The molecule has 0 aromatic heterocycles. The quantitative estimate of drug-likeness (QED) is 0.494. The van der Waals surface area contributed by atoms with Crippen molar-refractivity contribution in [3.8, 4) is 11.1 Å². The molecule has 0 aliphatic rings. The van der Waals surface area contributed by atoms with Crippen molar-refractivity contribution in [1.29, 1.82) is 0 Å². The summed E-state index contributed by atoms with van der Waals surface area (Å²) in [4.78, 5) is 0. The van der Waals surface area contributed by atoms with Gasteiger partial charge in [-0.2, -0.15) is 6.07 Å². The van der Waals surface area contributed by atoms with E-state index in [9.17, 15) is 0 Å². The minimum absolute atomic E-state index is 0. The van der Waals surface area contributed by atoms with E-state index < -0.39 is 0 Å². The molecule has 0 bridgehead atoms. The van der Waals surface area contributed by atoms with Crippen LogP contribution in [0.1, 0.15) is 18.1 Å². The van der Waals surface area contributed by atoms with Gasteiger partial charge in [0.25, 0.3) is 0 Å². The average Bonchev–Trinajstić information content (AvgIpc) is 2.82. The van der Waals surface area contributed by atoms with Gasteiger partial charge in [-0.15, -0.1) is 34.5 Å². The van der Waals surface area contributed by atoms with Gasteiger partial charge in [0, 0.05) is 0 Å². The Balaban J connectivity index is 0.00000133. The van der Waals surface area contributed by atoms with Gasteiger partial charge in [0.05, 0.1) is 0 Å². The largest absolute Gasteiger partial charge is 3.00 e. The fraction of sp³-hybridized carbons (Fsp3) is 0.167. The Morgan fingerprint density at radius 2 is 1.62 bits per heavy atom. The molecule has 0 fully saturated rings. The molecule has 0 saturated heterocycles. The van der Waals surface area contributed by atoms with Gasteiger partial charge in [-0.25, -0.2) is 0 Å². The van der Waals surface area contributed by atoms with Crippen LogP contribution in [-0.4, -0.2) is 0 Å². The Morgan fingerprint density at radius 1 is 0.952 bits per heavy atom. The second kappa shape index (κ2) is 8.83. The summed E-state index contributed by atoms with van der Waals surface area (Å²) in [6.45, 7) is 4.34. The first-order valence-corrected chi connectivity index (χ1v) is 6.53. The minimum Gasteiger partial charge on any atom is -1.00 e. The molecule has 0 aliphatic heterocycles. The summed E-state index contributed by atoms with van der Waals surface area (Å²) >= 11 is 0. The number of halogens is 2. The number of benzene rings is 2. The molecule has 0 unspecified atom stereocenters. The van der Waals surface area contributed by atoms with E-state index in [1.807, 2.05) is 0 Å². The molecule has 0 atom stereocenters. The third-order valence-corrected chi connectivity index (χ3v) is 3.58. The molecule has 0 heterocycles. The maximum absolute atomic E-state index is 2.32. The van der Waals surface area contributed by atoms with E-state index in [0.29, 0.717) is 0 Å². The zero-order valence-electron chi connectivity index (χ0n) is 12.2. The Bertz CT molecular complexity index is 684. The van der Waals surface area contributed by atoms with Crippen LogP contribution >= 0.6 is 0 Å². The van der Waals surface area contributed by atoms with Crippen molar-refractivity contribution in [2.75, 3.05) is 0 Å². The van der Waals surface area contributed by atoms with Crippen molar-refractivity contribution in [1.82, 2.24) is 0 Å². The van der Waals surface area contributed by atoms with E-state index in [-0.39, 0.29) is 51.0 Å². The predicted molar refractivity (Wildman–Crippen MR) is 79.1 cm³/mol. The van der Waals surface area contributed by atoms with Crippen LogP contribution in [0.15, 0.2) is 54.6 Å². The van der Waals surface area contributed by atoms with Crippen LogP contribution in [0.3, 0.4) is 0 Å². The fourth-order valence-electron chi connectivity index (χ4n) is 2.49. The topological polar surface area (TPSA) is 0 Å². The fourth-order valence-corrected chi connectivity index (χ4v) is 2.49. The van der Waals surface area contributed by atoms with Gasteiger partial charge in [-0.05, 0) is 18.9 Å². The van der Waals surface area contributed by atoms with E-state index in [0.717, 1.165) is 6.42 Å². The zero-order chi connectivity index (χ0) is 12.5. The van der Waals surface area contributed by atoms with Gasteiger partial charge in [-0.3, -0.25) is 0 Å². The number of aryl methyl sites for hydroxylation is 2. The summed E-state index contributed by atoms with van der Waals surface area (Å²) < 4.78 is 0. The molecular weight excluding hydrogens is 378 g/mol. The molecule has 107 valence electrons. The van der Waals surface area contributed by atoms with Crippen molar-refractivity contribution >= 4 is 10.8 Å². The van der Waals surface area contributed by atoms with Crippen LogP contribution < -0.4 is 24.8 Å². The van der Waals surface area contributed by atoms with Crippen LogP contribution in [0.5, 0.6) is 0 Å². The molecule has 0 N–H and O–H groups in total. The Morgan fingerprint density at radius 3 is 2.24 bits per heavy atom. The molecule has 0 aliphatic carbocycles. The molecule has 3 aromatic carbocycles. The summed E-state index contributed by atoms with van der Waals surface area (Å²) in [7, 11) is 0. The Labute approximate surface area is 158 Å². The third-order valence-electron chi connectivity index (χ3n) is 3.58. The summed E-state index contributed by atoms with van der Waals surface area (Å²) in [6.07, 6.45) is 1.10. The average molecular weight is 395 g/mol. The molecule has 3 rings (SSSR count). The van der Waals surface area contributed by atoms with Gasteiger partial charge >= 0.3 is 26.2 Å². The number of hydrogen-bond acceptors (Lipinski definition) is 0. The second-order valence-electron chi connectivity index (χ2n) is 4.89. The molecule has 1 radical (unpaired) electrons.